The van der Waals surface area contributed by atoms with Crippen LogP contribution in [0.15, 0.2) is 0 Å². The lowest BCUT2D eigenvalue weighted by molar-refractivity contribution is -0.143. The minimum Gasteiger partial charge on any atom is -0.480 e. The summed E-state index contributed by atoms with van der Waals surface area (Å²) in [5.41, 5.74) is 0. The highest BCUT2D eigenvalue weighted by Gasteiger charge is 2.38. The Morgan fingerprint density at radius 3 is 2.33 bits per heavy atom. The average Bonchev–Trinajstić information content (AvgIpc) is 3.03. The molecule has 18 heavy (non-hydrogen) atoms. The standard InChI is InChI=1S/C14H23NO3/c1-9(8-10-4-2-3-5-10)13(16)15-12(14(17)18)11-6-7-11/h9-12H,2-8H2,1H3,(H,15,16)(H,17,18). The average molecular weight is 253 g/mol. The van der Waals surface area contributed by atoms with E-state index in [0.717, 1.165) is 19.3 Å². The van der Waals surface area contributed by atoms with Crippen LogP contribution in [0.5, 0.6) is 0 Å². The zero-order chi connectivity index (χ0) is 13.1. The van der Waals surface area contributed by atoms with Gasteiger partial charge in [0.05, 0.1) is 0 Å². The normalized spacial score (nSPS) is 23.6. The highest BCUT2D eigenvalue weighted by Crippen LogP contribution is 2.33. The SMILES string of the molecule is CC(CC1CCCC1)C(=O)NC(C(=O)O)C1CC1. The molecule has 4 heteroatoms. The van der Waals surface area contributed by atoms with Gasteiger partial charge in [0.15, 0.2) is 0 Å². The second kappa shape index (κ2) is 5.72. The Hall–Kier alpha value is -1.06. The third-order valence-electron chi connectivity index (χ3n) is 4.27. The fraction of sp³-hybridized carbons (Fsp3) is 0.857. The van der Waals surface area contributed by atoms with Crippen molar-refractivity contribution in [1.29, 1.82) is 0 Å². The summed E-state index contributed by atoms with van der Waals surface area (Å²) in [4.78, 5) is 23.1. The van der Waals surface area contributed by atoms with Crippen LogP contribution in [0.25, 0.3) is 0 Å². The first-order chi connectivity index (χ1) is 8.58. The molecule has 2 unspecified atom stereocenters. The monoisotopic (exact) mass is 253 g/mol. The number of carboxylic acid groups (broad SMARTS) is 1. The molecule has 0 aromatic carbocycles. The zero-order valence-corrected chi connectivity index (χ0v) is 11.0. The van der Waals surface area contributed by atoms with Gasteiger partial charge >= 0.3 is 5.97 Å². The molecule has 2 N–H and O–H groups in total. The van der Waals surface area contributed by atoms with E-state index in [-0.39, 0.29) is 17.7 Å². The van der Waals surface area contributed by atoms with Crippen molar-refractivity contribution in [3.63, 3.8) is 0 Å². The predicted molar refractivity (Wildman–Crippen MR) is 68.0 cm³/mol. The summed E-state index contributed by atoms with van der Waals surface area (Å²) in [5, 5.41) is 11.8. The molecule has 0 spiro atoms. The van der Waals surface area contributed by atoms with E-state index in [2.05, 4.69) is 5.32 Å². The van der Waals surface area contributed by atoms with E-state index in [0.29, 0.717) is 5.92 Å². The van der Waals surface area contributed by atoms with E-state index in [1.165, 1.54) is 25.7 Å². The molecular weight excluding hydrogens is 230 g/mol. The lowest BCUT2D eigenvalue weighted by Gasteiger charge is -2.19. The van der Waals surface area contributed by atoms with Gasteiger partial charge in [0.25, 0.3) is 0 Å². The number of carbonyl (C=O) groups excluding carboxylic acids is 1. The number of hydrogen-bond acceptors (Lipinski definition) is 2. The highest BCUT2D eigenvalue weighted by molar-refractivity contribution is 5.85. The Morgan fingerprint density at radius 2 is 1.83 bits per heavy atom. The van der Waals surface area contributed by atoms with E-state index in [4.69, 9.17) is 5.11 Å². The fourth-order valence-electron chi connectivity index (χ4n) is 2.96. The molecule has 2 atom stereocenters. The quantitative estimate of drug-likeness (QED) is 0.762. The van der Waals surface area contributed by atoms with Gasteiger partial charge in [-0.2, -0.15) is 0 Å². The minimum atomic E-state index is -0.890. The number of aliphatic carboxylic acids is 1. The van der Waals surface area contributed by atoms with Gasteiger partial charge in [-0.25, -0.2) is 4.79 Å². The van der Waals surface area contributed by atoms with Crippen molar-refractivity contribution in [2.45, 2.75) is 57.9 Å². The molecule has 0 saturated heterocycles. The summed E-state index contributed by atoms with van der Waals surface area (Å²) in [6.07, 6.45) is 7.76. The number of carbonyl (C=O) groups is 2. The first-order valence-electron chi connectivity index (χ1n) is 7.11. The summed E-state index contributed by atoms with van der Waals surface area (Å²) in [5.74, 6) is -0.214. The molecule has 0 heterocycles. The van der Waals surface area contributed by atoms with E-state index in [9.17, 15) is 9.59 Å². The third-order valence-corrected chi connectivity index (χ3v) is 4.27. The molecule has 0 aliphatic heterocycles. The molecule has 2 aliphatic carbocycles. The molecular formula is C14H23NO3. The summed E-state index contributed by atoms with van der Waals surface area (Å²) < 4.78 is 0. The Bertz CT molecular complexity index is 319. The van der Waals surface area contributed by atoms with Crippen LogP contribution in [-0.2, 0) is 9.59 Å². The zero-order valence-electron chi connectivity index (χ0n) is 11.0. The number of amides is 1. The second-order valence-electron chi connectivity index (χ2n) is 5.95. The topological polar surface area (TPSA) is 66.4 Å². The third kappa shape index (κ3) is 3.47. The predicted octanol–water partition coefficient (Wildman–Crippen LogP) is 2.18. The van der Waals surface area contributed by atoms with E-state index < -0.39 is 12.0 Å². The molecule has 2 saturated carbocycles. The smallest absolute Gasteiger partial charge is 0.326 e. The van der Waals surface area contributed by atoms with Crippen LogP contribution in [0.4, 0.5) is 0 Å². The van der Waals surface area contributed by atoms with Crippen LogP contribution in [0.1, 0.15) is 51.9 Å². The van der Waals surface area contributed by atoms with Gasteiger partial charge in [-0.15, -0.1) is 0 Å². The van der Waals surface area contributed by atoms with Crippen molar-refractivity contribution >= 4 is 11.9 Å². The van der Waals surface area contributed by atoms with E-state index >= 15 is 0 Å². The number of hydrogen-bond donors (Lipinski definition) is 2. The van der Waals surface area contributed by atoms with Crippen LogP contribution < -0.4 is 5.32 Å². The maximum Gasteiger partial charge on any atom is 0.326 e. The molecule has 0 aromatic heterocycles. The maximum absolute atomic E-state index is 12.0. The lowest BCUT2D eigenvalue weighted by atomic mass is 9.93. The van der Waals surface area contributed by atoms with Crippen LogP contribution >= 0.6 is 0 Å². The van der Waals surface area contributed by atoms with Crippen molar-refractivity contribution in [3.05, 3.63) is 0 Å². The first kappa shape index (κ1) is 13.4. The number of nitrogens with one attached hydrogen (secondary N) is 1. The van der Waals surface area contributed by atoms with Gasteiger partial charge in [0, 0.05) is 5.92 Å². The molecule has 0 aromatic rings. The van der Waals surface area contributed by atoms with Crippen LogP contribution in [0.2, 0.25) is 0 Å². The summed E-state index contributed by atoms with van der Waals surface area (Å²) in [7, 11) is 0. The van der Waals surface area contributed by atoms with Crippen LogP contribution in [-0.4, -0.2) is 23.0 Å². The molecule has 1 amide bonds. The van der Waals surface area contributed by atoms with Crippen molar-refractivity contribution in [2.24, 2.45) is 17.8 Å². The summed E-state index contributed by atoms with van der Waals surface area (Å²) in [6, 6.07) is -0.663. The van der Waals surface area contributed by atoms with Gasteiger partial charge in [0.2, 0.25) is 5.91 Å². The Morgan fingerprint density at radius 1 is 1.22 bits per heavy atom. The van der Waals surface area contributed by atoms with Gasteiger partial charge in [-0.1, -0.05) is 32.6 Å². The molecule has 2 aliphatic rings. The van der Waals surface area contributed by atoms with E-state index in [1.807, 2.05) is 6.92 Å². The summed E-state index contributed by atoms with van der Waals surface area (Å²) >= 11 is 0. The molecule has 0 radical (unpaired) electrons. The van der Waals surface area contributed by atoms with Crippen molar-refractivity contribution in [3.8, 4) is 0 Å². The number of rotatable bonds is 6. The Balaban J connectivity index is 1.79. The maximum atomic E-state index is 12.0. The highest BCUT2D eigenvalue weighted by atomic mass is 16.4. The molecule has 0 bridgehead atoms. The van der Waals surface area contributed by atoms with Gasteiger partial charge in [-0.3, -0.25) is 4.79 Å². The first-order valence-corrected chi connectivity index (χ1v) is 7.11. The Kier molecular flexibility index (Phi) is 4.25. The van der Waals surface area contributed by atoms with Crippen molar-refractivity contribution in [2.75, 3.05) is 0 Å². The molecule has 2 rings (SSSR count). The summed E-state index contributed by atoms with van der Waals surface area (Å²) in [6.45, 7) is 1.92. The van der Waals surface area contributed by atoms with Crippen LogP contribution in [0, 0.1) is 17.8 Å². The second-order valence-corrected chi connectivity index (χ2v) is 5.95. The van der Waals surface area contributed by atoms with Crippen molar-refractivity contribution in [1.82, 2.24) is 5.32 Å². The van der Waals surface area contributed by atoms with Crippen molar-refractivity contribution < 1.29 is 14.7 Å². The molecule has 2 fully saturated rings. The minimum absolute atomic E-state index is 0.0614. The fourth-order valence-corrected chi connectivity index (χ4v) is 2.96. The van der Waals surface area contributed by atoms with Gasteiger partial charge in [-0.05, 0) is 31.1 Å². The Labute approximate surface area is 108 Å². The van der Waals surface area contributed by atoms with Gasteiger partial charge < -0.3 is 10.4 Å². The molecule has 102 valence electrons. The molecule has 4 nitrogen and oxygen atoms in total. The van der Waals surface area contributed by atoms with Crippen LogP contribution in [0.3, 0.4) is 0 Å². The van der Waals surface area contributed by atoms with E-state index in [1.54, 1.807) is 0 Å². The lowest BCUT2D eigenvalue weighted by Crippen LogP contribution is -2.44. The largest absolute Gasteiger partial charge is 0.480 e. The number of carboxylic acids is 1. The van der Waals surface area contributed by atoms with Gasteiger partial charge in [0.1, 0.15) is 6.04 Å².